The highest BCUT2D eigenvalue weighted by atomic mass is 16.5. The zero-order chi connectivity index (χ0) is 21.4. The van der Waals surface area contributed by atoms with Gasteiger partial charge in [-0.2, -0.15) is 0 Å². The fraction of sp³-hybridized carbons (Fsp3) is 0.308. The summed E-state index contributed by atoms with van der Waals surface area (Å²) in [6.45, 7) is 1.43. The van der Waals surface area contributed by atoms with Crippen molar-refractivity contribution in [1.29, 1.82) is 0 Å². The second-order valence-corrected chi connectivity index (χ2v) is 7.78. The maximum Gasteiger partial charge on any atom is 0.121 e. The fourth-order valence-electron chi connectivity index (χ4n) is 3.84. The molecule has 0 saturated carbocycles. The van der Waals surface area contributed by atoms with Gasteiger partial charge in [-0.1, -0.05) is 72.8 Å². The molecule has 2 N–H and O–H groups in total. The van der Waals surface area contributed by atoms with Crippen molar-refractivity contribution < 1.29 is 14.9 Å². The number of hydrogen-bond donors (Lipinski definition) is 2. The van der Waals surface area contributed by atoms with Gasteiger partial charge in [-0.3, -0.25) is 0 Å². The van der Waals surface area contributed by atoms with Crippen molar-refractivity contribution in [2.24, 2.45) is 0 Å². The van der Waals surface area contributed by atoms with Crippen LogP contribution in [0.15, 0.2) is 84.9 Å². The number of ether oxygens (including phenoxy) is 1. The van der Waals surface area contributed by atoms with Crippen molar-refractivity contribution in [2.45, 2.75) is 17.9 Å². The first-order chi connectivity index (χ1) is 14.6. The molecule has 0 amide bonds. The molecule has 3 aromatic rings. The Morgan fingerprint density at radius 1 is 0.833 bits per heavy atom. The molecule has 0 aliphatic carbocycles. The number of aliphatic hydroxyl groups excluding tert-OH is 1. The largest absolute Gasteiger partial charge is 0.492 e. The van der Waals surface area contributed by atoms with Gasteiger partial charge in [-0.25, -0.2) is 0 Å². The van der Waals surface area contributed by atoms with Crippen molar-refractivity contribution in [3.05, 3.63) is 102 Å². The Kier molecular flexibility index (Phi) is 7.63. The SMILES string of the molecule is CN(C)CCOc1ccc([C@@](O)(c2ccccc2)[C@H](CCO)c2ccccc2)cc1. The Bertz CT molecular complexity index is 881. The zero-order valence-corrected chi connectivity index (χ0v) is 17.7. The van der Waals surface area contributed by atoms with E-state index in [1.807, 2.05) is 99.0 Å². The normalized spacial score (nSPS) is 14.3. The first-order valence-electron chi connectivity index (χ1n) is 10.4. The van der Waals surface area contributed by atoms with Crippen LogP contribution in [-0.4, -0.2) is 49.0 Å². The molecular weight excluding hydrogens is 374 g/mol. The van der Waals surface area contributed by atoms with Crippen molar-refractivity contribution >= 4 is 0 Å². The summed E-state index contributed by atoms with van der Waals surface area (Å²) < 4.78 is 5.82. The highest BCUT2D eigenvalue weighted by Gasteiger charge is 2.40. The third kappa shape index (κ3) is 5.08. The molecule has 0 aromatic heterocycles. The number of aliphatic hydroxyl groups is 2. The van der Waals surface area contributed by atoms with E-state index in [1.165, 1.54) is 0 Å². The third-order valence-electron chi connectivity index (χ3n) is 5.44. The van der Waals surface area contributed by atoms with Gasteiger partial charge in [-0.05, 0) is 49.3 Å². The van der Waals surface area contributed by atoms with Gasteiger partial charge in [0.25, 0.3) is 0 Å². The molecule has 30 heavy (non-hydrogen) atoms. The molecule has 0 aliphatic rings. The fourth-order valence-corrected chi connectivity index (χ4v) is 3.84. The van der Waals surface area contributed by atoms with Gasteiger partial charge in [-0.15, -0.1) is 0 Å². The summed E-state index contributed by atoms with van der Waals surface area (Å²) in [6, 6.07) is 27.2. The van der Waals surface area contributed by atoms with E-state index in [9.17, 15) is 10.2 Å². The minimum absolute atomic E-state index is 0.0135. The van der Waals surface area contributed by atoms with Gasteiger partial charge in [0.1, 0.15) is 18.0 Å². The van der Waals surface area contributed by atoms with Crippen LogP contribution >= 0.6 is 0 Å². The number of likely N-dealkylation sites (N-methyl/N-ethyl adjacent to an activating group) is 1. The topological polar surface area (TPSA) is 52.9 Å². The Balaban J connectivity index is 2.00. The van der Waals surface area contributed by atoms with Crippen LogP contribution in [0.25, 0.3) is 0 Å². The molecule has 158 valence electrons. The van der Waals surface area contributed by atoms with Crippen molar-refractivity contribution in [3.63, 3.8) is 0 Å². The van der Waals surface area contributed by atoms with Crippen molar-refractivity contribution in [1.82, 2.24) is 4.90 Å². The van der Waals surface area contributed by atoms with Gasteiger partial charge in [0.2, 0.25) is 0 Å². The van der Waals surface area contributed by atoms with Gasteiger partial charge in [0.15, 0.2) is 0 Å². The highest BCUT2D eigenvalue weighted by Crippen LogP contribution is 2.44. The average Bonchev–Trinajstić information content (AvgIpc) is 2.78. The van der Waals surface area contributed by atoms with Crippen LogP contribution in [-0.2, 0) is 5.60 Å². The van der Waals surface area contributed by atoms with E-state index in [0.717, 1.165) is 29.0 Å². The molecule has 4 heteroatoms. The first kappa shape index (κ1) is 22.0. The molecule has 4 nitrogen and oxygen atoms in total. The maximum absolute atomic E-state index is 12.2. The van der Waals surface area contributed by atoms with E-state index in [1.54, 1.807) is 0 Å². The predicted octanol–water partition coefficient (Wildman–Crippen LogP) is 4.03. The van der Waals surface area contributed by atoms with Gasteiger partial charge >= 0.3 is 0 Å². The Morgan fingerprint density at radius 3 is 1.97 bits per heavy atom. The summed E-state index contributed by atoms with van der Waals surface area (Å²) in [4.78, 5) is 2.07. The number of hydrogen-bond acceptors (Lipinski definition) is 4. The number of nitrogens with zero attached hydrogens (tertiary/aromatic N) is 1. The van der Waals surface area contributed by atoms with E-state index in [2.05, 4.69) is 4.90 Å². The van der Waals surface area contributed by atoms with Crippen LogP contribution in [0.4, 0.5) is 0 Å². The van der Waals surface area contributed by atoms with Crippen LogP contribution < -0.4 is 4.74 Å². The van der Waals surface area contributed by atoms with Crippen molar-refractivity contribution in [2.75, 3.05) is 33.9 Å². The first-order valence-corrected chi connectivity index (χ1v) is 10.4. The second-order valence-electron chi connectivity index (χ2n) is 7.78. The third-order valence-corrected chi connectivity index (χ3v) is 5.44. The van der Waals surface area contributed by atoms with Crippen LogP contribution in [0.2, 0.25) is 0 Å². The molecule has 0 radical (unpaired) electrons. The summed E-state index contributed by atoms with van der Waals surface area (Å²) in [5.74, 6) is 0.473. The predicted molar refractivity (Wildman–Crippen MR) is 121 cm³/mol. The summed E-state index contributed by atoms with van der Waals surface area (Å²) in [5.41, 5.74) is 1.28. The van der Waals surface area contributed by atoms with Crippen molar-refractivity contribution in [3.8, 4) is 5.75 Å². The van der Waals surface area contributed by atoms with E-state index in [4.69, 9.17) is 4.74 Å². The van der Waals surface area contributed by atoms with Gasteiger partial charge < -0.3 is 19.8 Å². The van der Waals surface area contributed by atoms with Crippen LogP contribution in [0.1, 0.15) is 29.0 Å². The highest BCUT2D eigenvalue weighted by molar-refractivity contribution is 5.43. The minimum atomic E-state index is -1.28. The lowest BCUT2D eigenvalue weighted by Crippen LogP contribution is -2.35. The molecule has 0 unspecified atom stereocenters. The lowest BCUT2D eigenvalue weighted by Gasteiger charge is -2.38. The Hall–Kier alpha value is -2.66. The lowest BCUT2D eigenvalue weighted by molar-refractivity contribution is 0.0393. The zero-order valence-electron chi connectivity index (χ0n) is 17.7. The van der Waals surface area contributed by atoms with Gasteiger partial charge in [0, 0.05) is 19.1 Å². The maximum atomic E-state index is 12.2. The average molecular weight is 406 g/mol. The van der Waals surface area contributed by atoms with E-state index < -0.39 is 5.60 Å². The molecule has 0 heterocycles. The van der Waals surface area contributed by atoms with E-state index in [0.29, 0.717) is 13.0 Å². The number of benzene rings is 3. The minimum Gasteiger partial charge on any atom is -0.492 e. The second kappa shape index (κ2) is 10.4. The monoisotopic (exact) mass is 405 g/mol. The van der Waals surface area contributed by atoms with E-state index >= 15 is 0 Å². The lowest BCUT2D eigenvalue weighted by atomic mass is 9.71. The molecule has 3 rings (SSSR count). The summed E-state index contributed by atoms with van der Waals surface area (Å²) in [6.07, 6.45) is 0.441. The summed E-state index contributed by atoms with van der Waals surface area (Å²) >= 11 is 0. The van der Waals surface area contributed by atoms with Crippen LogP contribution in [0, 0.1) is 0 Å². The molecule has 3 aromatic carbocycles. The molecule has 2 atom stereocenters. The van der Waals surface area contributed by atoms with Crippen LogP contribution in [0.3, 0.4) is 0 Å². The quantitative estimate of drug-likeness (QED) is 0.535. The Labute approximate surface area is 179 Å². The smallest absolute Gasteiger partial charge is 0.121 e. The summed E-state index contributed by atoms with van der Waals surface area (Å²) in [5, 5.41) is 22.0. The number of rotatable bonds is 10. The molecular formula is C26H31NO3. The van der Waals surface area contributed by atoms with E-state index in [-0.39, 0.29) is 12.5 Å². The van der Waals surface area contributed by atoms with Crippen LogP contribution in [0.5, 0.6) is 5.75 Å². The molecule has 0 spiro atoms. The van der Waals surface area contributed by atoms with Gasteiger partial charge in [0.05, 0.1) is 0 Å². The molecule has 0 saturated heterocycles. The molecule has 0 aliphatic heterocycles. The Morgan fingerprint density at radius 2 is 1.40 bits per heavy atom. The molecule has 0 fully saturated rings. The molecule has 0 bridgehead atoms. The summed E-state index contributed by atoms with van der Waals surface area (Å²) in [7, 11) is 4.02. The standard InChI is InChI=1S/C26H31NO3/c1-27(2)18-20-30-24-15-13-23(14-16-24)26(29,22-11-7-4-8-12-22)25(17-19-28)21-9-5-3-6-10-21/h3-16,25,28-29H,17-20H2,1-2H3/t25-,26+/m1/s1.